The molecule has 0 aliphatic heterocycles. The number of amides is 1. The van der Waals surface area contributed by atoms with Crippen LogP contribution in [0.3, 0.4) is 0 Å². The predicted molar refractivity (Wildman–Crippen MR) is 69.2 cm³/mol. The Morgan fingerprint density at radius 3 is 2.50 bits per heavy atom. The van der Waals surface area contributed by atoms with Crippen LogP contribution in [0.4, 0.5) is 4.79 Å². The first kappa shape index (κ1) is 14.2. The van der Waals surface area contributed by atoms with Gasteiger partial charge < -0.3 is 14.4 Å². The van der Waals surface area contributed by atoms with Gasteiger partial charge in [-0.1, -0.05) is 30.3 Å². The lowest BCUT2D eigenvalue weighted by molar-refractivity contribution is -0.117. The van der Waals surface area contributed by atoms with Crippen LogP contribution < -0.4 is 0 Å². The van der Waals surface area contributed by atoms with Gasteiger partial charge in [-0.25, -0.2) is 4.79 Å². The zero-order chi connectivity index (χ0) is 13.4. The first-order valence-corrected chi connectivity index (χ1v) is 6.01. The first-order chi connectivity index (χ1) is 8.59. The molecule has 0 saturated heterocycles. The van der Waals surface area contributed by atoms with Crippen LogP contribution >= 0.6 is 0 Å². The minimum Gasteiger partial charge on any atom is -0.445 e. The number of benzene rings is 1. The van der Waals surface area contributed by atoms with Gasteiger partial charge in [0.15, 0.2) is 0 Å². The highest BCUT2D eigenvalue weighted by atomic mass is 16.6. The number of hydrogen-bond donors (Lipinski definition) is 0. The number of carbonyl (C=O) groups is 2. The fraction of sp³-hybridized carbons (Fsp3) is 0.429. The Morgan fingerprint density at radius 2 is 1.89 bits per heavy atom. The van der Waals surface area contributed by atoms with Crippen LogP contribution in [0.1, 0.15) is 25.3 Å². The summed E-state index contributed by atoms with van der Waals surface area (Å²) in [5.74, 6) is 0.140. The summed E-state index contributed by atoms with van der Waals surface area (Å²) < 4.78 is 5.15. The van der Waals surface area contributed by atoms with E-state index in [1.807, 2.05) is 30.3 Å². The van der Waals surface area contributed by atoms with Gasteiger partial charge in [-0.15, -0.1) is 0 Å². The van der Waals surface area contributed by atoms with Gasteiger partial charge in [0.1, 0.15) is 12.4 Å². The molecule has 0 fully saturated rings. The summed E-state index contributed by atoms with van der Waals surface area (Å²) in [6, 6.07) is 9.53. The average Bonchev–Trinajstić information content (AvgIpc) is 2.36. The third-order valence-corrected chi connectivity index (χ3v) is 2.54. The number of carbonyl (C=O) groups excluding carboxylic acids is 2. The number of ketones is 1. The smallest absolute Gasteiger partial charge is 0.409 e. The fourth-order valence-corrected chi connectivity index (χ4v) is 1.49. The molecule has 0 N–H and O–H groups in total. The highest BCUT2D eigenvalue weighted by Gasteiger charge is 2.09. The van der Waals surface area contributed by atoms with Crippen molar-refractivity contribution in [1.29, 1.82) is 0 Å². The van der Waals surface area contributed by atoms with E-state index in [1.54, 1.807) is 14.0 Å². The molecule has 0 spiro atoms. The van der Waals surface area contributed by atoms with Crippen molar-refractivity contribution in [3.63, 3.8) is 0 Å². The Bertz CT molecular complexity index is 389. The largest absolute Gasteiger partial charge is 0.445 e. The van der Waals surface area contributed by atoms with Gasteiger partial charge in [0.05, 0.1) is 0 Å². The van der Waals surface area contributed by atoms with E-state index in [1.165, 1.54) is 4.90 Å². The van der Waals surface area contributed by atoms with E-state index in [-0.39, 0.29) is 18.5 Å². The number of ether oxygens (including phenoxy) is 1. The Balaban J connectivity index is 2.25. The number of Topliss-reactive ketones (excluding diaryl/α,β-unsaturated/α-hetero) is 1. The van der Waals surface area contributed by atoms with Crippen molar-refractivity contribution >= 4 is 11.9 Å². The van der Waals surface area contributed by atoms with Crippen LogP contribution in [0.2, 0.25) is 0 Å². The molecule has 0 unspecified atom stereocenters. The van der Waals surface area contributed by atoms with Crippen LogP contribution in [-0.4, -0.2) is 30.4 Å². The molecule has 0 aromatic heterocycles. The topological polar surface area (TPSA) is 46.6 Å². The van der Waals surface area contributed by atoms with Crippen LogP contribution in [0.15, 0.2) is 30.3 Å². The molecule has 1 aromatic rings. The second kappa shape index (κ2) is 7.48. The van der Waals surface area contributed by atoms with E-state index in [9.17, 15) is 9.59 Å². The first-order valence-electron chi connectivity index (χ1n) is 6.01. The highest BCUT2D eigenvalue weighted by Crippen LogP contribution is 2.03. The van der Waals surface area contributed by atoms with Crippen molar-refractivity contribution in [2.45, 2.75) is 26.4 Å². The third kappa shape index (κ3) is 5.48. The molecule has 0 saturated carbocycles. The van der Waals surface area contributed by atoms with Crippen molar-refractivity contribution in [2.24, 2.45) is 0 Å². The lowest BCUT2D eigenvalue weighted by atomic mass is 10.2. The molecule has 0 aliphatic carbocycles. The Hall–Kier alpha value is -1.84. The Kier molecular flexibility index (Phi) is 5.91. The summed E-state index contributed by atoms with van der Waals surface area (Å²) >= 11 is 0. The molecular formula is C14H19NO3. The number of rotatable bonds is 6. The van der Waals surface area contributed by atoms with Gasteiger partial charge in [0, 0.05) is 20.0 Å². The van der Waals surface area contributed by atoms with Crippen molar-refractivity contribution in [1.82, 2.24) is 4.90 Å². The molecular weight excluding hydrogens is 230 g/mol. The second-order valence-electron chi connectivity index (χ2n) is 4.27. The fourth-order valence-electron chi connectivity index (χ4n) is 1.49. The van der Waals surface area contributed by atoms with Gasteiger partial charge in [-0.05, 0) is 18.9 Å². The lowest BCUT2D eigenvalue weighted by Crippen LogP contribution is -2.28. The minimum atomic E-state index is -0.359. The minimum absolute atomic E-state index is 0.140. The Morgan fingerprint density at radius 1 is 1.22 bits per heavy atom. The van der Waals surface area contributed by atoms with Crippen LogP contribution in [-0.2, 0) is 16.1 Å². The summed E-state index contributed by atoms with van der Waals surface area (Å²) in [7, 11) is 1.67. The van der Waals surface area contributed by atoms with Gasteiger partial charge in [-0.2, -0.15) is 0 Å². The maximum atomic E-state index is 11.6. The summed E-state index contributed by atoms with van der Waals surface area (Å²) in [5, 5.41) is 0. The van der Waals surface area contributed by atoms with Gasteiger partial charge >= 0.3 is 6.09 Å². The zero-order valence-corrected chi connectivity index (χ0v) is 10.9. The maximum absolute atomic E-state index is 11.6. The molecule has 0 aliphatic rings. The van der Waals surface area contributed by atoms with Crippen LogP contribution in [0.25, 0.3) is 0 Å². The van der Waals surface area contributed by atoms with E-state index in [4.69, 9.17) is 4.74 Å². The van der Waals surface area contributed by atoms with Crippen LogP contribution in [0.5, 0.6) is 0 Å². The summed E-state index contributed by atoms with van der Waals surface area (Å²) in [6.45, 7) is 2.36. The molecule has 0 bridgehead atoms. The van der Waals surface area contributed by atoms with Crippen LogP contribution in [0, 0.1) is 0 Å². The van der Waals surface area contributed by atoms with Gasteiger partial charge in [0.2, 0.25) is 0 Å². The standard InChI is InChI=1S/C14H19NO3/c1-12(16)7-6-10-15(2)14(17)18-11-13-8-4-3-5-9-13/h3-5,8-9H,6-7,10-11H2,1-2H3. The normalized spacial score (nSPS) is 9.89. The molecule has 4 heteroatoms. The van der Waals surface area contributed by atoms with Crippen molar-refractivity contribution in [3.8, 4) is 0 Å². The molecule has 1 aromatic carbocycles. The van der Waals surface area contributed by atoms with E-state index in [0.29, 0.717) is 19.4 Å². The van der Waals surface area contributed by atoms with E-state index in [0.717, 1.165) is 5.56 Å². The molecule has 4 nitrogen and oxygen atoms in total. The SMILES string of the molecule is CC(=O)CCCN(C)C(=O)OCc1ccccc1. The monoisotopic (exact) mass is 249 g/mol. The highest BCUT2D eigenvalue weighted by molar-refractivity contribution is 5.75. The molecule has 0 atom stereocenters. The number of nitrogens with zero attached hydrogens (tertiary/aromatic N) is 1. The molecule has 1 rings (SSSR count). The van der Waals surface area contributed by atoms with E-state index < -0.39 is 0 Å². The number of hydrogen-bond acceptors (Lipinski definition) is 3. The third-order valence-electron chi connectivity index (χ3n) is 2.54. The molecule has 18 heavy (non-hydrogen) atoms. The van der Waals surface area contributed by atoms with Gasteiger partial charge in [-0.3, -0.25) is 0 Å². The van der Waals surface area contributed by atoms with Crippen molar-refractivity contribution in [3.05, 3.63) is 35.9 Å². The summed E-state index contributed by atoms with van der Waals surface area (Å²) in [5.41, 5.74) is 0.961. The lowest BCUT2D eigenvalue weighted by Gasteiger charge is -2.16. The molecule has 1 amide bonds. The zero-order valence-electron chi connectivity index (χ0n) is 10.9. The van der Waals surface area contributed by atoms with E-state index in [2.05, 4.69) is 0 Å². The maximum Gasteiger partial charge on any atom is 0.409 e. The Labute approximate surface area is 108 Å². The molecule has 98 valence electrons. The summed E-state index contributed by atoms with van der Waals surface area (Å²) in [6.07, 6.45) is 0.810. The second-order valence-corrected chi connectivity index (χ2v) is 4.27. The van der Waals surface area contributed by atoms with Crippen molar-refractivity contribution < 1.29 is 14.3 Å². The van der Waals surface area contributed by atoms with Crippen molar-refractivity contribution in [2.75, 3.05) is 13.6 Å². The average molecular weight is 249 g/mol. The quantitative estimate of drug-likeness (QED) is 0.778. The van der Waals surface area contributed by atoms with Gasteiger partial charge in [0.25, 0.3) is 0 Å². The molecule has 0 radical (unpaired) electrons. The predicted octanol–water partition coefficient (Wildman–Crippen LogP) is 2.62. The van der Waals surface area contributed by atoms with E-state index >= 15 is 0 Å². The molecule has 0 heterocycles. The summed E-state index contributed by atoms with van der Waals surface area (Å²) in [4.78, 5) is 23.9.